The molecule has 0 aromatic heterocycles. The Morgan fingerprint density at radius 1 is 1.70 bits per heavy atom. The molecular formula is C8H17NO. The predicted octanol–water partition coefficient (Wildman–Crippen LogP) is 1.15. The highest BCUT2D eigenvalue weighted by molar-refractivity contribution is 4.80. The minimum absolute atomic E-state index is 0.345. The van der Waals surface area contributed by atoms with Crippen molar-refractivity contribution in [2.24, 2.45) is 11.1 Å². The Morgan fingerprint density at radius 3 is 2.80 bits per heavy atom. The van der Waals surface area contributed by atoms with Gasteiger partial charge in [0.1, 0.15) is 0 Å². The maximum absolute atomic E-state index is 5.64. The van der Waals surface area contributed by atoms with E-state index < -0.39 is 0 Å². The number of hydrogen-bond acceptors (Lipinski definition) is 2. The lowest BCUT2D eigenvalue weighted by molar-refractivity contribution is -0.0286. The van der Waals surface area contributed by atoms with E-state index in [0.29, 0.717) is 11.5 Å². The molecule has 0 bridgehead atoms. The van der Waals surface area contributed by atoms with Crippen molar-refractivity contribution in [2.45, 2.75) is 32.8 Å². The monoisotopic (exact) mass is 143 g/mol. The van der Waals surface area contributed by atoms with Crippen LogP contribution in [0.5, 0.6) is 0 Å². The van der Waals surface area contributed by atoms with E-state index in [1.165, 1.54) is 0 Å². The van der Waals surface area contributed by atoms with E-state index in [-0.39, 0.29) is 0 Å². The van der Waals surface area contributed by atoms with Crippen LogP contribution in [0.3, 0.4) is 0 Å². The summed E-state index contributed by atoms with van der Waals surface area (Å²) in [5, 5.41) is 0. The van der Waals surface area contributed by atoms with E-state index in [1.807, 2.05) is 0 Å². The molecule has 10 heavy (non-hydrogen) atoms. The zero-order valence-electron chi connectivity index (χ0n) is 6.89. The fourth-order valence-electron chi connectivity index (χ4n) is 1.55. The van der Waals surface area contributed by atoms with Gasteiger partial charge in [0.2, 0.25) is 0 Å². The van der Waals surface area contributed by atoms with Crippen molar-refractivity contribution in [2.75, 3.05) is 13.2 Å². The minimum atomic E-state index is 0.345. The first-order valence-corrected chi connectivity index (χ1v) is 3.98. The highest BCUT2D eigenvalue weighted by atomic mass is 16.5. The average Bonchev–Trinajstić information content (AvgIpc) is 1.88. The lowest BCUT2D eigenvalue weighted by atomic mass is 9.80. The smallest absolute Gasteiger partial charge is 0.0552 e. The molecule has 1 fully saturated rings. The van der Waals surface area contributed by atoms with Crippen molar-refractivity contribution < 1.29 is 4.74 Å². The second-order valence-electron chi connectivity index (χ2n) is 3.65. The van der Waals surface area contributed by atoms with Crippen LogP contribution in [0.4, 0.5) is 0 Å². The lowest BCUT2D eigenvalue weighted by Crippen LogP contribution is -2.37. The van der Waals surface area contributed by atoms with Crippen molar-refractivity contribution in [3.63, 3.8) is 0 Å². The van der Waals surface area contributed by atoms with E-state index in [9.17, 15) is 0 Å². The third-order valence-electron chi connectivity index (χ3n) is 2.38. The number of hydrogen-bond donors (Lipinski definition) is 1. The molecule has 0 saturated carbocycles. The second-order valence-corrected chi connectivity index (χ2v) is 3.65. The van der Waals surface area contributed by atoms with Gasteiger partial charge in [-0.25, -0.2) is 0 Å². The molecular weight excluding hydrogens is 126 g/mol. The van der Waals surface area contributed by atoms with Gasteiger partial charge in [-0.15, -0.1) is 0 Å². The number of ether oxygens (including phenoxy) is 1. The summed E-state index contributed by atoms with van der Waals surface area (Å²) in [6.45, 7) is 6.04. The Balaban J connectivity index is 2.45. The maximum atomic E-state index is 5.64. The van der Waals surface area contributed by atoms with Crippen molar-refractivity contribution in [3.05, 3.63) is 0 Å². The van der Waals surface area contributed by atoms with E-state index in [2.05, 4.69) is 13.8 Å². The molecule has 0 amide bonds. The lowest BCUT2D eigenvalue weighted by Gasteiger charge is -2.35. The van der Waals surface area contributed by atoms with E-state index in [4.69, 9.17) is 10.5 Å². The molecule has 0 aromatic carbocycles. The van der Waals surface area contributed by atoms with Gasteiger partial charge in [-0.2, -0.15) is 0 Å². The largest absolute Gasteiger partial charge is 0.378 e. The summed E-state index contributed by atoms with van der Waals surface area (Å²) >= 11 is 0. The van der Waals surface area contributed by atoms with E-state index in [1.54, 1.807) is 0 Å². The normalized spacial score (nSPS) is 41.7. The molecule has 2 atom stereocenters. The standard InChI is InChI=1S/C8H17NO/c1-7-5-8(2,6-9)3-4-10-7/h7H,3-6,9H2,1-2H3. The molecule has 2 heteroatoms. The van der Waals surface area contributed by atoms with Crippen LogP contribution in [0.15, 0.2) is 0 Å². The highest BCUT2D eigenvalue weighted by Crippen LogP contribution is 2.31. The molecule has 2 unspecified atom stereocenters. The average molecular weight is 143 g/mol. The Labute approximate surface area is 62.7 Å². The summed E-state index contributed by atoms with van der Waals surface area (Å²) in [7, 11) is 0. The van der Waals surface area contributed by atoms with Gasteiger partial charge in [-0.05, 0) is 31.7 Å². The van der Waals surface area contributed by atoms with Crippen LogP contribution < -0.4 is 5.73 Å². The van der Waals surface area contributed by atoms with Gasteiger partial charge in [0, 0.05) is 6.61 Å². The maximum Gasteiger partial charge on any atom is 0.0552 e. The molecule has 0 aromatic rings. The molecule has 1 aliphatic heterocycles. The quantitative estimate of drug-likeness (QED) is 0.597. The molecule has 2 N–H and O–H groups in total. The summed E-state index contributed by atoms with van der Waals surface area (Å²) in [5.74, 6) is 0. The van der Waals surface area contributed by atoms with Gasteiger partial charge in [0.15, 0.2) is 0 Å². The summed E-state index contributed by atoms with van der Waals surface area (Å²) in [4.78, 5) is 0. The first kappa shape index (κ1) is 8.02. The summed E-state index contributed by atoms with van der Waals surface area (Å²) in [5.41, 5.74) is 5.99. The molecule has 1 heterocycles. The third-order valence-corrected chi connectivity index (χ3v) is 2.38. The molecule has 0 spiro atoms. The van der Waals surface area contributed by atoms with Crippen LogP contribution in [-0.2, 0) is 4.74 Å². The van der Waals surface area contributed by atoms with Crippen LogP contribution in [0.25, 0.3) is 0 Å². The van der Waals surface area contributed by atoms with Gasteiger partial charge in [0.05, 0.1) is 6.10 Å². The Bertz CT molecular complexity index is 116. The minimum Gasteiger partial charge on any atom is -0.378 e. The van der Waals surface area contributed by atoms with Crippen LogP contribution in [0, 0.1) is 5.41 Å². The topological polar surface area (TPSA) is 35.2 Å². The SMILES string of the molecule is CC1CC(C)(CN)CCO1. The van der Waals surface area contributed by atoms with E-state index in [0.717, 1.165) is 26.0 Å². The molecule has 2 nitrogen and oxygen atoms in total. The molecule has 1 saturated heterocycles. The van der Waals surface area contributed by atoms with Gasteiger partial charge in [-0.3, -0.25) is 0 Å². The van der Waals surface area contributed by atoms with Crippen molar-refractivity contribution in [1.29, 1.82) is 0 Å². The zero-order valence-corrected chi connectivity index (χ0v) is 6.89. The number of nitrogens with two attached hydrogens (primary N) is 1. The predicted molar refractivity (Wildman–Crippen MR) is 41.8 cm³/mol. The van der Waals surface area contributed by atoms with Gasteiger partial charge in [0.25, 0.3) is 0 Å². The van der Waals surface area contributed by atoms with Crippen molar-refractivity contribution >= 4 is 0 Å². The van der Waals surface area contributed by atoms with Crippen molar-refractivity contribution in [3.8, 4) is 0 Å². The Morgan fingerprint density at radius 2 is 2.40 bits per heavy atom. The number of rotatable bonds is 1. The van der Waals surface area contributed by atoms with E-state index >= 15 is 0 Å². The van der Waals surface area contributed by atoms with Crippen LogP contribution in [0.2, 0.25) is 0 Å². The van der Waals surface area contributed by atoms with Gasteiger partial charge < -0.3 is 10.5 Å². The fraction of sp³-hybridized carbons (Fsp3) is 1.00. The van der Waals surface area contributed by atoms with Gasteiger partial charge >= 0.3 is 0 Å². The Kier molecular flexibility index (Phi) is 2.32. The summed E-state index contributed by atoms with van der Waals surface area (Å²) < 4.78 is 5.42. The molecule has 1 rings (SSSR count). The second kappa shape index (κ2) is 2.89. The Hall–Kier alpha value is -0.0800. The van der Waals surface area contributed by atoms with Gasteiger partial charge in [-0.1, -0.05) is 6.92 Å². The zero-order chi connectivity index (χ0) is 7.61. The van der Waals surface area contributed by atoms with Crippen LogP contribution >= 0.6 is 0 Å². The van der Waals surface area contributed by atoms with Crippen LogP contribution in [-0.4, -0.2) is 19.3 Å². The molecule has 0 radical (unpaired) electrons. The first-order valence-electron chi connectivity index (χ1n) is 3.98. The highest BCUT2D eigenvalue weighted by Gasteiger charge is 2.29. The molecule has 0 aliphatic carbocycles. The third kappa shape index (κ3) is 1.70. The molecule has 60 valence electrons. The summed E-state index contributed by atoms with van der Waals surface area (Å²) in [6, 6.07) is 0. The molecule has 1 aliphatic rings. The first-order chi connectivity index (χ1) is 4.66. The van der Waals surface area contributed by atoms with Crippen molar-refractivity contribution in [1.82, 2.24) is 0 Å². The summed E-state index contributed by atoms with van der Waals surface area (Å²) in [6.07, 6.45) is 2.64. The van der Waals surface area contributed by atoms with Crippen LogP contribution in [0.1, 0.15) is 26.7 Å². The fourth-order valence-corrected chi connectivity index (χ4v) is 1.55.